The summed E-state index contributed by atoms with van der Waals surface area (Å²) >= 11 is 0. The fourth-order valence-electron chi connectivity index (χ4n) is 4.23. The minimum absolute atomic E-state index is 0.345. The molecule has 164 valence electrons. The lowest BCUT2D eigenvalue weighted by atomic mass is 10.0. The van der Waals surface area contributed by atoms with Crippen molar-refractivity contribution in [2.75, 3.05) is 33.4 Å². The van der Waals surface area contributed by atoms with Gasteiger partial charge in [0, 0.05) is 44.1 Å². The highest BCUT2D eigenvalue weighted by Crippen LogP contribution is 2.27. The molecule has 0 aliphatic carbocycles. The van der Waals surface area contributed by atoms with Gasteiger partial charge in [-0.1, -0.05) is 42.5 Å². The minimum Gasteiger partial charge on any atom is -0.382 e. The summed E-state index contributed by atoms with van der Waals surface area (Å²) in [5.41, 5.74) is 7.13. The molecule has 5 nitrogen and oxygen atoms in total. The fourth-order valence-corrected chi connectivity index (χ4v) is 4.23. The van der Waals surface area contributed by atoms with Crippen molar-refractivity contribution in [2.45, 2.75) is 39.3 Å². The number of hydrogen-bond donors (Lipinski definition) is 0. The standard InChI is InChI=1S/C26H33N3O2/c1-20-9-10-21(2)25(17-20)29-19-23(26(27-29)22-7-5-4-6-8-22)18-28-13-11-24(12-14-28)31-16-15-30-3/h4-10,17,19,24H,11-16,18H2,1-3H3. The second-order valence-electron chi connectivity index (χ2n) is 8.44. The average Bonchev–Trinajstić information content (AvgIpc) is 3.21. The van der Waals surface area contributed by atoms with Crippen LogP contribution >= 0.6 is 0 Å². The highest BCUT2D eigenvalue weighted by atomic mass is 16.5. The first-order valence-electron chi connectivity index (χ1n) is 11.2. The first kappa shape index (κ1) is 21.8. The molecule has 4 rings (SSSR count). The van der Waals surface area contributed by atoms with Crippen LogP contribution in [0.1, 0.15) is 29.5 Å². The second kappa shape index (κ2) is 10.2. The molecule has 3 aromatic rings. The van der Waals surface area contributed by atoms with Gasteiger partial charge in [0.15, 0.2) is 0 Å². The number of ether oxygens (including phenoxy) is 2. The van der Waals surface area contributed by atoms with E-state index in [4.69, 9.17) is 14.6 Å². The maximum atomic E-state index is 5.93. The summed E-state index contributed by atoms with van der Waals surface area (Å²) in [6, 6.07) is 17.0. The van der Waals surface area contributed by atoms with Gasteiger partial charge in [0.1, 0.15) is 0 Å². The molecule has 1 aliphatic rings. The molecule has 31 heavy (non-hydrogen) atoms. The molecule has 1 aromatic heterocycles. The van der Waals surface area contributed by atoms with Crippen LogP contribution in [0.2, 0.25) is 0 Å². The van der Waals surface area contributed by atoms with E-state index in [1.165, 1.54) is 22.3 Å². The van der Waals surface area contributed by atoms with E-state index in [-0.39, 0.29) is 0 Å². The molecule has 1 aliphatic heterocycles. The Labute approximate surface area is 185 Å². The predicted octanol–water partition coefficient (Wildman–Crippen LogP) is 4.78. The van der Waals surface area contributed by atoms with Crippen molar-refractivity contribution in [1.82, 2.24) is 14.7 Å². The highest BCUT2D eigenvalue weighted by molar-refractivity contribution is 5.63. The van der Waals surface area contributed by atoms with Gasteiger partial charge in [0.25, 0.3) is 0 Å². The zero-order chi connectivity index (χ0) is 21.6. The molecule has 0 saturated carbocycles. The van der Waals surface area contributed by atoms with Crippen LogP contribution < -0.4 is 0 Å². The molecule has 2 aromatic carbocycles. The van der Waals surface area contributed by atoms with Gasteiger partial charge in [-0.15, -0.1) is 0 Å². The largest absolute Gasteiger partial charge is 0.382 e. The first-order valence-corrected chi connectivity index (χ1v) is 11.2. The Morgan fingerprint density at radius 1 is 1.00 bits per heavy atom. The van der Waals surface area contributed by atoms with E-state index in [2.05, 4.69) is 78.2 Å². The van der Waals surface area contributed by atoms with Crippen molar-refractivity contribution in [1.29, 1.82) is 0 Å². The smallest absolute Gasteiger partial charge is 0.0972 e. The van der Waals surface area contributed by atoms with Crippen LogP contribution in [0, 0.1) is 13.8 Å². The lowest BCUT2D eigenvalue weighted by Gasteiger charge is -2.31. The van der Waals surface area contributed by atoms with E-state index in [1.54, 1.807) is 7.11 Å². The molecule has 1 saturated heterocycles. The molecule has 1 fully saturated rings. The number of aromatic nitrogens is 2. The summed E-state index contributed by atoms with van der Waals surface area (Å²) in [6.45, 7) is 8.61. The normalized spacial score (nSPS) is 15.5. The number of likely N-dealkylation sites (tertiary alicyclic amines) is 1. The highest BCUT2D eigenvalue weighted by Gasteiger charge is 2.22. The molecule has 0 spiro atoms. The number of aryl methyl sites for hydroxylation is 2. The van der Waals surface area contributed by atoms with Crippen molar-refractivity contribution >= 4 is 0 Å². The summed E-state index contributed by atoms with van der Waals surface area (Å²) in [4.78, 5) is 2.52. The zero-order valence-electron chi connectivity index (χ0n) is 18.9. The van der Waals surface area contributed by atoms with Crippen LogP contribution in [-0.2, 0) is 16.0 Å². The van der Waals surface area contributed by atoms with Gasteiger partial charge in [-0.25, -0.2) is 4.68 Å². The first-order chi connectivity index (χ1) is 15.1. The van der Waals surface area contributed by atoms with Gasteiger partial charge in [0.05, 0.1) is 30.7 Å². The van der Waals surface area contributed by atoms with E-state index in [0.29, 0.717) is 19.3 Å². The molecule has 0 N–H and O–H groups in total. The fraction of sp³-hybridized carbons (Fsp3) is 0.423. The lowest BCUT2D eigenvalue weighted by molar-refractivity contribution is -0.0157. The van der Waals surface area contributed by atoms with Crippen LogP contribution in [0.15, 0.2) is 54.7 Å². The molecule has 0 unspecified atom stereocenters. The Kier molecular flexibility index (Phi) is 7.17. The van der Waals surface area contributed by atoms with Crippen LogP contribution in [-0.4, -0.2) is 54.2 Å². The Bertz CT molecular complexity index is 976. The van der Waals surface area contributed by atoms with Crippen LogP contribution in [0.4, 0.5) is 0 Å². The molecule has 0 radical (unpaired) electrons. The molecular weight excluding hydrogens is 386 g/mol. The lowest BCUT2D eigenvalue weighted by Crippen LogP contribution is -2.37. The third kappa shape index (κ3) is 5.42. The molecule has 0 atom stereocenters. The zero-order valence-corrected chi connectivity index (χ0v) is 18.9. The Morgan fingerprint density at radius 3 is 2.52 bits per heavy atom. The quantitative estimate of drug-likeness (QED) is 0.493. The van der Waals surface area contributed by atoms with Gasteiger partial charge in [-0.3, -0.25) is 4.90 Å². The SMILES string of the molecule is COCCOC1CCN(Cc2cn(-c3cc(C)ccc3C)nc2-c2ccccc2)CC1. The van der Waals surface area contributed by atoms with Gasteiger partial charge in [0.2, 0.25) is 0 Å². The van der Waals surface area contributed by atoms with Crippen molar-refractivity contribution in [3.05, 3.63) is 71.4 Å². The molecule has 0 amide bonds. The van der Waals surface area contributed by atoms with Gasteiger partial charge in [-0.2, -0.15) is 5.10 Å². The Balaban J connectivity index is 1.54. The molecule has 2 heterocycles. The van der Waals surface area contributed by atoms with Gasteiger partial charge < -0.3 is 9.47 Å². The summed E-state index contributed by atoms with van der Waals surface area (Å²) < 4.78 is 13.1. The predicted molar refractivity (Wildman–Crippen MR) is 125 cm³/mol. The summed E-state index contributed by atoms with van der Waals surface area (Å²) in [6.07, 6.45) is 4.69. The van der Waals surface area contributed by atoms with E-state index in [9.17, 15) is 0 Å². The number of hydrogen-bond acceptors (Lipinski definition) is 4. The Hall–Kier alpha value is -2.47. The topological polar surface area (TPSA) is 39.5 Å². The van der Waals surface area contributed by atoms with Crippen LogP contribution in [0.3, 0.4) is 0 Å². The monoisotopic (exact) mass is 419 g/mol. The van der Waals surface area contributed by atoms with Gasteiger partial charge >= 0.3 is 0 Å². The third-order valence-electron chi connectivity index (χ3n) is 6.02. The van der Waals surface area contributed by atoms with Crippen molar-refractivity contribution < 1.29 is 9.47 Å². The molecule has 0 bridgehead atoms. The van der Waals surface area contributed by atoms with Crippen LogP contribution in [0.5, 0.6) is 0 Å². The minimum atomic E-state index is 0.345. The van der Waals surface area contributed by atoms with Gasteiger partial charge in [-0.05, 0) is 43.9 Å². The second-order valence-corrected chi connectivity index (χ2v) is 8.44. The number of benzene rings is 2. The molecular formula is C26H33N3O2. The Morgan fingerprint density at radius 2 is 1.77 bits per heavy atom. The summed E-state index contributed by atoms with van der Waals surface area (Å²) in [5.74, 6) is 0. The maximum absolute atomic E-state index is 5.93. The van der Waals surface area contributed by atoms with Crippen LogP contribution in [0.25, 0.3) is 16.9 Å². The summed E-state index contributed by atoms with van der Waals surface area (Å²) in [5, 5.41) is 5.03. The van der Waals surface area contributed by atoms with Crippen molar-refractivity contribution in [2.24, 2.45) is 0 Å². The number of nitrogens with zero attached hydrogens (tertiary/aromatic N) is 3. The van der Waals surface area contributed by atoms with E-state index in [0.717, 1.165) is 43.9 Å². The molecule has 5 heteroatoms. The number of methoxy groups -OCH3 is 1. The third-order valence-corrected chi connectivity index (χ3v) is 6.02. The number of piperidine rings is 1. The van der Waals surface area contributed by atoms with E-state index in [1.807, 2.05) is 0 Å². The summed E-state index contributed by atoms with van der Waals surface area (Å²) in [7, 11) is 1.72. The van der Waals surface area contributed by atoms with Crippen molar-refractivity contribution in [3.63, 3.8) is 0 Å². The van der Waals surface area contributed by atoms with E-state index < -0.39 is 0 Å². The van der Waals surface area contributed by atoms with E-state index >= 15 is 0 Å². The maximum Gasteiger partial charge on any atom is 0.0972 e. The average molecular weight is 420 g/mol. The number of rotatable bonds is 8. The van der Waals surface area contributed by atoms with Crippen molar-refractivity contribution in [3.8, 4) is 16.9 Å².